The third-order valence-electron chi connectivity index (χ3n) is 3.81. The Bertz CT molecular complexity index is 684. The number of carbonyl (C=O) groups is 1. The molecule has 5 heteroatoms. The van der Waals surface area contributed by atoms with Gasteiger partial charge in [0.2, 0.25) is 0 Å². The Morgan fingerprint density at radius 2 is 1.73 bits per heavy atom. The number of halogens is 2. The Labute approximate surface area is 133 Å². The number of hydrogen-bond acceptors (Lipinski definition) is 2. The van der Waals surface area contributed by atoms with E-state index in [1.807, 2.05) is 11.0 Å². The summed E-state index contributed by atoms with van der Waals surface area (Å²) >= 11 is 5.93. The van der Waals surface area contributed by atoms with Gasteiger partial charge in [-0.1, -0.05) is 23.7 Å². The van der Waals surface area contributed by atoms with Crippen molar-refractivity contribution in [3.05, 3.63) is 64.9 Å². The third kappa shape index (κ3) is 3.22. The minimum Gasteiger partial charge on any atom is -0.368 e. The highest BCUT2D eigenvalue weighted by molar-refractivity contribution is 6.30. The molecule has 1 amide bonds. The standard InChI is InChI=1S/C17H16ClFN2O/c18-14-4-1-3-13(11-14)17(22)21-9-7-20(8-10-21)16-6-2-5-15(19)12-16/h1-6,11-12H,7-10H2. The summed E-state index contributed by atoms with van der Waals surface area (Å²) in [7, 11) is 0. The van der Waals surface area contributed by atoms with Gasteiger partial charge in [0.25, 0.3) is 5.91 Å². The lowest BCUT2D eigenvalue weighted by molar-refractivity contribution is 0.0747. The van der Waals surface area contributed by atoms with Gasteiger partial charge in [-0.15, -0.1) is 0 Å². The highest BCUT2D eigenvalue weighted by Crippen LogP contribution is 2.19. The average molecular weight is 319 g/mol. The monoisotopic (exact) mass is 318 g/mol. The highest BCUT2D eigenvalue weighted by Gasteiger charge is 2.22. The lowest BCUT2D eigenvalue weighted by Crippen LogP contribution is -2.48. The van der Waals surface area contributed by atoms with Gasteiger partial charge in [0.15, 0.2) is 0 Å². The van der Waals surface area contributed by atoms with Gasteiger partial charge in [0.05, 0.1) is 0 Å². The van der Waals surface area contributed by atoms with Crippen LogP contribution in [0.3, 0.4) is 0 Å². The molecular weight excluding hydrogens is 303 g/mol. The minimum atomic E-state index is -0.241. The van der Waals surface area contributed by atoms with E-state index in [-0.39, 0.29) is 11.7 Å². The number of rotatable bonds is 2. The summed E-state index contributed by atoms with van der Waals surface area (Å²) in [5.74, 6) is -0.253. The average Bonchev–Trinajstić information content (AvgIpc) is 2.54. The van der Waals surface area contributed by atoms with E-state index in [4.69, 9.17) is 11.6 Å². The molecule has 0 unspecified atom stereocenters. The van der Waals surface area contributed by atoms with Crippen LogP contribution in [0.25, 0.3) is 0 Å². The summed E-state index contributed by atoms with van der Waals surface area (Å²) in [4.78, 5) is 16.3. The number of amides is 1. The Morgan fingerprint density at radius 3 is 2.41 bits per heavy atom. The Balaban J connectivity index is 1.65. The molecule has 0 aliphatic carbocycles. The first-order valence-electron chi connectivity index (χ1n) is 7.19. The molecule has 114 valence electrons. The maximum Gasteiger partial charge on any atom is 0.254 e. The molecule has 1 fully saturated rings. The van der Waals surface area contributed by atoms with Crippen molar-refractivity contribution in [1.82, 2.24) is 4.90 Å². The van der Waals surface area contributed by atoms with Crippen molar-refractivity contribution in [2.75, 3.05) is 31.1 Å². The quantitative estimate of drug-likeness (QED) is 0.847. The molecule has 3 rings (SSSR count). The predicted octanol–water partition coefficient (Wildman–Crippen LogP) is 3.44. The van der Waals surface area contributed by atoms with Crippen LogP contribution < -0.4 is 4.90 Å². The van der Waals surface area contributed by atoms with Gasteiger partial charge < -0.3 is 9.80 Å². The first-order valence-corrected chi connectivity index (χ1v) is 7.56. The van der Waals surface area contributed by atoms with E-state index in [0.29, 0.717) is 36.8 Å². The number of benzene rings is 2. The van der Waals surface area contributed by atoms with E-state index < -0.39 is 0 Å². The number of piperazine rings is 1. The second-order valence-electron chi connectivity index (χ2n) is 5.27. The van der Waals surface area contributed by atoms with Crippen LogP contribution >= 0.6 is 11.6 Å². The van der Waals surface area contributed by atoms with Crippen LogP contribution in [-0.2, 0) is 0 Å². The second-order valence-corrected chi connectivity index (χ2v) is 5.71. The summed E-state index contributed by atoms with van der Waals surface area (Å²) < 4.78 is 13.3. The zero-order valence-corrected chi connectivity index (χ0v) is 12.8. The number of anilines is 1. The molecule has 0 spiro atoms. The fraction of sp³-hybridized carbons (Fsp3) is 0.235. The molecule has 1 aliphatic heterocycles. The van der Waals surface area contributed by atoms with Crippen molar-refractivity contribution >= 4 is 23.2 Å². The number of carbonyl (C=O) groups excluding carboxylic acids is 1. The molecule has 0 aromatic heterocycles. The SMILES string of the molecule is O=C(c1cccc(Cl)c1)N1CCN(c2cccc(F)c2)CC1. The first-order chi connectivity index (χ1) is 10.6. The zero-order chi connectivity index (χ0) is 15.5. The van der Waals surface area contributed by atoms with Gasteiger partial charge in [-0.25, -0.2) is 4.39 Å². The fourth-order valence-corrected chi connectivity index (χ4v) is 2.83. The first kappa shape index (κ1) is 14.9. The van der Waals surface area contributed by atoms with Crippen LogP contribution in [0.2, 0.25) is 5.02 Å². The lowest BCUT2D eigenvalue weighted by atomic mass is 10.1. The van der Waals surface area contributed by atoms with Gasteiger partial charge in [-0.3, -0.25) is 4.79 Å². The molecule has 22 heavy (non-hydrogen) atoms. The van der Waals surface area contributed by atoms with Crippen LogP contribution in [0.1, 0.15) is 10.4 Å². The Morgan fingerprint density at radius 1 is 1.00 bits per heavy atom. The van der Waals surface area contributed by atoms with Crippen LogP contribution in [0.4, 0.5) is 10.1 Å². The lowest BCUT2D eigenvalue weighted by Gasteiger charge is -2.36. The van der Waals surface area contributed by atoms with E-state index >= 15 is 0 Å². The maximum absolute atomic E-state index is 13.3. The summed E-state index contributed by atoms with van der Waals surface area (Å²) in [5.41, 5.74) is 1.46. The topological polar surface area (TPSA) is 23.6 Å². The zero-order valence-electron chi connectivity index (χ0n) is 12.0. The third-order valence-corrected chi connectivity index (χ3v) is 4.05. The molecule has 1 heterocycles. The molecule has 0 saturated carbocycles. The molecule has 1 aliphatic rings. The van der Waals surface area contributed by atoms with Gasteiger partial charge in [-0.05, 0) is 36.4 Å². The van der Waals surface area contributed by atoms with Crippen molar-refractivity contribution in [2.24, 2.45) is 0 Å². The molecule has 0 radical (unpaired) electrons. The smallest absolute Gasteiger partial charge is 0.254 e. The molecule has 3 nitrogen and oxygen atoms in total. The van der Waals surface area contributed by atoms with Crippen molar-refractivity contribution in [3.8, 4) is 0 Å². The van der Waals surface area contributed by atoms with E-state index in [1.165, 1.54) is 12.1 Å². The molecular formula is C17H16ClFN2O. The van der Waals surface area contributed by atoms with Gasteiger partial charge in [0, 0.05) is 42.5 Å². The molecule has 0 bridgehead atoms. The van der Waals surface area contributed by atoms with E-state index in [2.05, 4.69) is 4.90 Å². The van der Waals surface area contributed by atoms with Crippen molar-refractivity contribution in [2.45, 2.75) is 0 Å². The summed E-state index contributed by atoms with van der Waals surface area (Å²) in [5, 5.41) is 0.559. The largest absolute Gasteiger partial charge is 0.368 e. The maximum atomic E-state index is 13.3. The molecule has 0 atom stereocenters. The van der Waals surface area contributed by atoms with Crippen molar-refractivity contribution in [3.63, 3.8) is 0 Å². The predicted molar refractivity (Wildman–Crippen MR) is 86.0 cm³/mol. The number of hydrogen-bond donors (Lipinski definition) is 0. The van der Waals surface area contributed by atoms with Crippen LogP contribution in [-0.4, -0.2) is 37.0 Å². The van der Waals surface area contributed by atoms with Crippen LogP contribution in [0, 0.1) is 5.82 Å². The van der Waals surface area contributed by atoms with Crippen molar-refractivity contribution in [1.29, 1.82) is 0 Å². The second kappa shape index (κ2) is 6.36. The van der Waals surface area contributed by atoms with Gasteiger partial charge in [0.1, 0.15) is 5.82 Å². The van der Waals surface area contributed by atoms with Gasteiger partial charge >= 0.3 is 0 Å². The molecule has 2 aromatic carbocycles. The molecule has 1 saturated heterocycles. The van der Waals surface area contributed by atoms with E-state index in [0.717, 1.165) is 5.69 Å². The highest BCUT2D eigenvalue weighted by atomic mass is 35.5. The normalized spacial score (nSPS) is 15.0. The van der Waals surface area contributed by atoms with Gasteiger partial charge in [-0.2, -0.15) is 0 Å². The molecule has 2 aromatic rings. The molecule has 0 N–H and O–H groups in total. The number of nitrogens with zero attached hydrogens (tertiary/aromatic N) is 2. The summed E-state index contributed by atoms with van der Waals surface area (Å²) in [6.45, 7) is 2.61. The van der Waals surface area contributed by atoms with E-state index in [9.17, 15) is 9.18 Å². The van der Waals surface area contributed by atoms with Crippen LogP contribution in [0.5, 0.6) is 0 Å². The van der Waals surface area contributed by atoms with E-state index in [1.54, 1.807) is 30.3 Å². The summed E-state index contributed by atoms with van der Waals surface area (Å²) in [6, 6.07) is 13.5. The summed E-state index contributed by atoms with van der Waals surface area (Å²) in [6.07, 6.45) is 0. The Kier molecular flexibility index (Phi) is 4.29. The minimum absolute atomic E-state index is 0.0126. The van der Waals surface area contributed by atoms with Crippen LogP contribution in [0.15, 0.2) is 48.5 Å². The Hall–Kier alpha value is -2.07. The van der Waals surface area contributed by atoms with Crippen molar-refractivity contribution < 1.29 is 9.18 Å². The fourth-order valence-electron chi connectivity index (χ4n) is 2.64.